The van der Waals surface area contributed by atoms with Gasteiger partial charge in [-0.25, -0.2) is 0 Å². The van der Waals surface area contributed by atoms with E-state index in [1.807, 2.05) is 0 Å². The standard InChI is InChI=1S/C4H10ClFN2.2BF4/c5-4-8(6)3-1-2-7;2*2-1(3,4)5/h1-4,7H2;;/q;2*-1. The van der Waals surface area contributed by atoms with Crippen molar-refractivity contribution in [1.29, 1.82) is 0 Å². The van der Waals surface area contributed by atoms with Crippen LogP contribution < -0.4 is 5.73 Å². The number of rotatable bonds is 4. The number of nitrogens with zero attached hydrogens (tertiary/aromatic N) is 1. The van der Waals surface area contributed by atoms with Gasteiger partial charge in [-0.1, -0.05) is 0 Å². The molecule has 0 amide bonds. The van der Waals surface area contributed by atoms with Gasteiger partial charge in [-0.05, 0) is 13.0 Å². The molecule has 0 aromatic rings. The van der Waals surface area contributed by atoms with Crippen molar-refractivity contribution < 1.29 is 39.0 Å². The fraction of sp³-hybridized carbons (Fsp3) is 1.00. The minimum atomic E-state index is -6.00. The first-order chi connectivity index (χ1) is 7.81. The van der Waals surface area contributed by atoms with Crippen molar-refractivity contribution in [2.45, 2.75) is 6.42 Å². The Kier molecular flexibility index (Phi) is 15.0. The summed E-state index contributed by atoms with van der Waals surface area (Å²) in [6.07, 6.45) is 0.656. The molecule has 2 N–H and O–H groups in total. The van der Waals surface area contributed by atoms with Crippen LogP contribution in [0.15, 0.2) is 0 Å². The minimum absolute atomic E-state index is 0.0694. The average Bonchev–Trinajstić information content (AvgIpc) is 2.08. The monoisotopic (exact) mass is 314 g/mol. The summed E-state index contributed by atoms with van der Waals surface area (Å²) in [4.78, 5) is 0. The van der Waals surface area contributed by atoms with Crippen LogP contribution in [0.2, 0.25) is 0 Å². The van der Waals surface area contributed by atoms with E-state index >= 15 is 0 Å². The zero-order valence-electron chi connectivity index (χ0n) is 8.79. The van der Waals surface area contributed by atoms with Crippen LogP contribution in [-0.4, -0.2) is 38.7 Å². The maximum Gasteiger partial charge on any atom is 0.673 e. The van der Waals surface area contributed by atoms with E-state index in [4.69, 9.17) is 17.3 Å². The summed E-state index contributed by atoms with van der Waals surface area (Å²) in [7, 11) is -12.0. The van der Waals surface area contributed by atoms with Crippen LogP contribution in [0.1, 0.15) is 6.42 Å². The maximum absolute atomic E-state index is 12.0. The number of alkyl halides is 1. The third kappa shape index (κ3) is 104. The first-order valence-corrected chi connectivity index (χ1v) is 4.76. The van der Waals surface area contributed by atoms with Gasteiger partial charge in [0.15, 0.2) is 0 Å². The van der Waals surface area contributed by atoms with Gasteiger partial charge in [-0.2, -0.15) is 0 Å². The van der Waals surface area contributed by atoms with E-state index < -0.39 is 14.5 Å². The summed E-state index contributed by atoms with van der Waals surface area (Å²) in [5.41, 5.74) is 5.10. The fourth-order valence-corrected chi connectivity index (χ4v) is 0.442. The number of hydrogen-bond donors (Lipinski definition) is 1. The van der Waals surface area contributed by atoms with Gasteiger partial charge in [0.1, 0.15) is 6.00 Å². The van der Waals surface area contributed by atoms with Gasteiger partial charge in [0.05, 0.1) is 0 Å². The first kappa shape index (κ1) is 22.9. The van der Waals surface area contributed by atoms with E-state index in [-0.39, 0.29) is 6.00 Å². The molecular weight excluding hydrogens is 304 g/mol. The van der Waals surface area contributed by atoms with Crippen LogP contribution in [0.3, 0.4) is 0 Å². The van der Waals surface area contributed by atoms with Gasteiger partial charge < -0.3 is 40.3 Å². The zero-order valence-corrected chi connectivity index (χ0v) is 9.54. The van der Waals surface area contributed by atoms with Crippen LogP contribution in [0.4, 0.5) is 39.0 Å². The molecular formula is C4H10B2ClF9N2-2. The van der Waals surface area contributed by atoms with Crippen molar-refractivity contribution in [3.63, 3.8) is 0 Å². The summed E-state index contributed by atoms with van der Waals surface area (Å²) in [5.74, 6) is 0. The molecule has 0 fully saturated rings. The van der Waals surface area contributed by atoms with Gasteiger partial charge in [-0.15, -0.1) is 21.2 Å². The molecule has 0 heterocycles. The molecule has 2 nitrogen and oxygen atoms in total. The summed E-state index contributed by atoms with van der Waals surface area (Å²) < 4.78 is 90.0. The molecule has 0 aliphatic heterocycles. The summed E-state index contributed by atoms with van der Waals surface area (Å²) >= 11 is 5.10. The minimum Gasteiger partial charge on any atom is -0.418 e. The van der Waals surface area contributed by atoms with E-state index in [9.17, 15) is 39.0 Å². The van der Waals surface area contributed by atoms with Crippen molar-refractivity contribution in [3.05, 3.63) is 0 Å². The molecule has 14 heteroatoms. The van der Waals surface area contributed by atoms with Gasteiger partial charge in [0.25, 0.3) is 0 Å². The lowest BCUT2D eigenvalue weighted by Gasteiger charge is -2.04. The van der Waals surface area contributed by atoms with Crippen LogP contribution in [0, 0.1) is 0 Å². The van der Waals surface area contributed by atoms with E-state index in [0.29, 0.717) is 24.6 Å². The highest BCUT2D eigenvalue weighted by Crippen LogP contribution is 2.07. The molecule has 18 heavy (non-hydrogen) atoms. The van der Waals surface area contributed by atoms with E-state index in [1.54, 1.807) is 0 Å². The third-order valence-electron chi connectivity index (χ3n) is 0.735. The lowest BCUT2D eigenvalue weighted by atomic mass is 10.3. The molecule has 0 spiro atoms. The first-order valence-electron chi connectivity index (χ1n) is 4.22. The van der Waals surface area contributed by atoms with Crippen molar-refractivity contribution in [2.24, 2.45) is 5.73 Å². The van der Waals surface area contributed by atoms with Gasteiger partial charge in [0, 0.05) is 6.54 Å². The van der Waals surface area contributed by atoms with Crippen LogP contribution in [0.5, 0.6) is 0 Å². The highest BCUT2D eigenvalue weighted by Gasteiger charge is 2.21. The Balaban J connectivity index is -0.000000197. The van der Waals surface area contributed by atoms with Crippen molar-refractivity contribution in [2.75, 3.05) is 19.1 Å². The number of halogens is 10. The molecule has 0 rings (SSSR count). The predicted octanol–water partition coefficient (Wildman–Crippen LogP) is 3.32. The molecule has 0 saturated carbocycles. The van der Waals surface area contributed by atoms with E-state index in [2.05, 4.69) is 0 Å². The van der Waals surface area contributed by atoms with Crippen LogP contribution >= 0.6 is 11.6 Å². The SMILES string of the molecule is F[B-](F)(F)F.F[B-](F)(F)F.NCCCN(F)CCl. The Morgan fingerprint density at radius 3 is 1.33 bits per heavy atom. The Morgan fingerprint density at radius 2 is 1.17 bits per heavy atom. The van der Waals surface area contributed by atoms with Crippen LogP contribution in [-0.2, 0) is 0 Å². The van der Waals surface area contributed by atoms with Gasteiger partial charge >= 0.3 is 14.5 Å². The van der Waals surface area contributed by atoms with Crippen molar-refractivity contribution in [3.8, 4) is 0 Å². The third-order valence-corrected chi connectivity index (χ3v) is 0.994. The fourth-order valence-electron chi connectivity index (χ4n) is 0.323. The number of nitrogens with two attached hydrogens (primary N) is 1. The van der Waals surface area contributed by atoms with E-state index in [1.165, 1.54) is 0 Å². The summed E-state index contributed by atoms with van der Waals surface area (Å²) in [5, 5.41) is 0.522. The Bertz CT molecular complexity index is 153. The maximum atomic E-state index is 12.0. The van der Waals surface area contributed by atoms with Crippen molar-refractivity contribution >= 4 is 26.1 Å². The molecule has 0 aromatic carbocycles. The van der Waals surface area contributed by atoms with Gasteiger partial charge in [0.2, 0.25) is 0 Å². The Labute approximate surface area is 102 Å². The Hall–Kier alpha value is -0.290. The van der Waals surface area contributed by atoms with Crippen LogP contribution in [0.25, 0.3) is 0 Å². The zero-order chi connectivity index (χ0) is 15.4. The molecule has 0 unspecified atom stereocenters. The normalized spacial score (nSPS) is 11.3. The molecule has 0 saturated heterocycles. The lowest BCUT2D eigenvalue weighted by Crippen LogP contribution is -2.15. The van der Waals surface area contributed by atoms with Gasteiger partial charge in [-0.3, -0.25) is 0 Å². The summed E-state index contributed by atoms with van der Waals surface area (Å²) in [6.45, 7) is 0.845. The topological polar surface area (TPSA) is 29.3 Å². The molecule has 0 aliphatic carbocycles. The quantitative estimate of drug-likeness (QED) is 0.284. The smallest absolute Gasteiger partial charge is 0.418 e. The predicted molar refractivity (Wildman–Crippen MR) is 52.6 cm³/mol. The molecule has 114 valence electrons. The summed E-state index contributed by atoms with van der Waals surface area (Å²) in [6, 6.07) is -0.0694. The molecule has 0 bridgehead atoms. The largest absolute Gasteiger partial charge is 0.673 e. The molecule has 0 aromatic heterocycles. The van der Waals surface area contributed by atoms with Crippen molar-refractivity contribution in [1.82, 2.24) is 5.12 Å². The molecule has 0 aliphatic rings. The Morgan fingerprint density at radius 1 is 0.889 bits per heavy atom. The second kappa shape index (κ2) is 11.8. The molecule has 0 atom stereocenters. The highest BCUT2D eigenvalue weighted by molar-refractivity contribution is 6.50. The second-order valence-electron chi connectivity index (χ2n) is 2.44. The molecule has 0 radical (unpaired) electrons. The lowest BCUT2D eigenvalue weighted by molar-refractivity contribution is 0.0487. The average molecular weight is 314 g/mol. The second-order valence-corrected chi connectivity index (χ2v) is 2.68. The highest BCUT2D eigenvalue weighted by atomic mass is 35.5. The van der Waals surface area contributed by atoms with E-state index in [0.717, 1.165) is 0 Å². The number of hydrogen-bond acceptors (Lipinski definition) is 2.